The SMILES string of the molecule is O=P(/C=C(\Cl)c1ccccc1)(/C=C(\Cl)c1ccccc1)Nc1ccc(F)cc1F. The fourth-order valence-corrected chi connectivity index (χ4v) is 5.41. The largest absolute Gasteiger partial charge is 0.328 e. The monoisotopic (exact) mass is 449 g/mol. The number of anilines is 1. The first-order valence-corrected chi connectivity index (χ1v) is 11.2. The Kier molecular flexibility index (Phi) is 6.92. The van der Waals surface area contributed by atoms with Crippen molar-refractivity contribution in [3.8, 4) is 0 Å². The molecule has 1 N–H and O–H groups in total. The van der Waals surface area contributed by atoms with Crippen molar-refractivity contribution in [3.05, 3.63) is 113 Å². The highest BCUT2D eigenvalue weighted by Crippen LogP contribution is 2.53. The maximum absolute atomic E-state index is 14.2. The maximum Gasteiger partial charge on any atom is 0.216 e. The normalized spacial score (nSPS) is 12.7. The number of nitrogens with one attached hydrogen (secondary N) is 1. The summed E-state index contributed by atoms with van der Waals surface area (Å²) in [7, 11) is -3.63. The van der Waals surface area contributed by atoms with Gasteiger partial charge in [-0.05, 0) is 23.3 Å². The van der Waals surface area contributed by atoms with Crippen molar-refractivity contribution in [1.29, 1.82) is 0 Å². The lowest BCUT2D eigenvalue weighted by Gasteiger charge is -2.16. The molecule has 0 saturated heterocycles. The van der Waals surface area contributed by atoms with Gasteiger partial charge in [-0.25, -0.2) is 8.78 Å². The molecule has 0 atom stereocenters. The number of hydrogen-bond donors (Lipinski definition) is 1. The lowest BCUT2D eigenvalue weighted by Crippen LogP contribution is -1.97. The van der Waals surface area contributed by atoms with E-state index < -0.39 is 18.9 Å². The average molecular weight is 450 g/mol. The molecule has 0 aliphatic heterocycles. The third-order valence-electron chi connectivity index (χ3n) is 3.94. The van der Waals surface area contributed by atoms with Crippen molar-refractivity contribution in [2.24, 2.45) is 0 Å². The summed E-state index contributed by atoms with van der Waals surface area (Å²) in [4.78, 5) is 0. The van der Waals surface area contributed by atoms with E-state index in [1.54, 1.807) is 48.5 Å². The van der Waals surface area contributed by atoms with Crippen molar-refractivity contribution >= 4 is 46.2 Å². The Hall–Kier alpha value is -2.39. The van der Waals surface area contributed by atoms with Crippen LogP contribution in [0.2, 0.25) is 0 Å². The molecule has 29 heavy (non-hydrogen) atoms. The summed E-state index contributed by atoms with van der Waals surface area (Å²) in [5, 5.41) is 3.06. The van der Waals surface area contributed by atoms with E-state index in [1.165, 1.54) is 17.7 Å². The number of hydrogen-bond acceptors (Lipinski definition) is 1. The number of rotatable bonds is 6. The molecule has 0 fully saturated rings. The third-order valence-corrected chi connectivity index (χ3v) is 6.77. The van der Waals surface area contributed by atoms with Crippen LogP contribution in [0.25, 0.3) is 10.1 Å². The van der Waals surface area contributed by atoms with E-state index in [1.807, 2.05) is 12.1 Å². The molecule has 0 aromatic heterocycles. The van der Waals surface area contributed by atoms with E-state index in [0.29, 0.717) is 17.2 Å². The van der Waals surface area contributed by atoms with Gasteiger partial charge in [-0.3, -0.25) is 4.57 Å². The molecule has 3 rings (SSSR count). The quantitative estimate of drug-likeness (QED) is 0.384. The predicted octanol–water partition coefficient (Wildman–Crippen LogP) is 8.13. The molecule has 148 valence electrons. The molecule has 0 spiro atoms. The molecule has 3 aromatic carbocycles. The van der Waals surface area contributed by atoms with E-state index in [-0.39, 0.29) is 15.8 Å². The van der Waals surface area contributed by atoms with E-state index >= 15 is 0 Å². The Morgan fingerprint density at radius 1 is 0.793 bits per heavy atom. The van der Waals surface area contributed by atoms with Crippen LogP contribution < -0.4 is 5.09 Å². The van der Waals surface area contributed by atoms with Crippen LogP contribution in [0.5, 0.6) is 0 Å². The van der Waals surface area contributed by atoms with Crippen LogP contribution in [0.3, 0.4) is 0 Å². The second-order valence-corrected chi connectivity index (χ2v) is 9.10. The second-order valence-electron chi connectivity index (χ2n) is 6.13. The average Bonchev–Trinajstić information content (AvgIpc) is 2.71. The Balaban J connectivity index is 2.06. The van der Waals surface area contributed by atoms with Crippen LogP contribution in [0.15, 0.2) is 90.5 Å². The van der Waals surface area contributed by atoms with Gasteiger partial charge in [0.1, 0.15) is 11.6 Å². The van der Waals surface area contributed by atoms with Gasteiger partial charge in [0.2, 0.25) is 7.29 Å². The maximum atomic E-state index is 14.2. The van der Waals surface area contributed by atoms with Gasteiger partial charge in [0.05, 0.1) is 15.8 Å². The van der Waals surface area contributed by atoms with Gasteiger partial charge < -0.3 is 5.09 Å². The molecule has 0 unspecified atom stereocenters. The smallest absolute Gasteiger partial charge is 0.216 e. The summed E-state index contributed by atoms with van der Waals surface area (Å²) in [5.41, 5.74) is 1.15. The highest BCUT2D eigenvalue weighted by atomic mass is 35.5. The van der Waals surface area contributed by atoms with Gasteiger partial charge >= 0.3 is 0 Å². The highest BCUT2D eigenvalue weighted by molar-refractivity contribution is 7.72. The number of halogens is 4. The zero-order valence-electron chi connectivity index (χ0n) is 15.0. The highest BCUT2D eigenvalue weighted by Gasteiger charge is 2.21. The summed E-state index contributed by atoms with van der Waals surface area (Å²) >= 11 is 12.7. The molecule has 0 bridgehead atoms. The predicted molar refractivity (Wildman–Crippen MR) is 118 cm³/mol. The van der Waals surface area contributed by atoms with E-state index in [4.69, 9.17) is 23.2 Å². The molecule has 2 nitrogen and oxygen atoms in total. The zero-order chi connectivity index (χ0) is 20.9. The fourth-order valence-electron chi connectivity index (χ4n) is 2.55. The molecule has 0 aliphatic carbocycles. The third kappa shape index (κ3) is 5.80. The van der Waals surface area contributed by atoms with E-state index in [2.05, 4.69) is 5.09 Å². The standard InChI is InChI=1S/C22H16Cl2F2NOP/c23-19(16-7-3-1-4-8-16)14-29(28,15-20(24)17-9-5-2-6-10-17)27-22-12-11-18(25)13-21(22)26/h1-15H,(H,27,28)/b19-14-,20-15-. The summed E-state index contributed by atoms with van der Waals surface area (Å²) in [5.74, 6) is 0.994. The van der Waals surface area contributed by atoms with Crippen molar-refractivity contribution in [1.82, 2.24) is 0 Å². The van der Waals surface area contributed by atoms with Gasteiger partial charge in [0.25, 0.3) is 0 Å². The van der Waals surface area contributed by atoms with Crippen LogP contribution in [-0.2, 0) is 4.57 Å². The van der Waals surface area contributed by atoms with Crippen LogP contribution in [0.1, 0.15) is 11.1 Å². The minimum Gasteiger partial charge on any atom is -0.328 e. The Morgan fingerprint density at radius 2 is 1.28 bits per heavy atom. The van der Waals surface area contributed by atoms with Crippen molar-refractivity contribution in [3.63, 3.8) is 0 Å². The lowest BCUT2D eigenvalue weighted by molar-refractivity contribution is 0.581. The molecular weight excluding hydrogens is 434 g/mol. The molecule has 0 saturated carbocycles. The second kappa shape index (κ2) is 9.41. The summed E-state index contributed by atoms with van der Waals surface area (Å²) < 4.78 is 41.1. The van der Waals surface area contributed by atoms with Crippen LogP contribution in [0.4, 0.5) is 14.5 Å². The fraction of sp³-hybridized carbons (Fsp3) is 0. The van der Waals surface area contributed by atoms with Gasteiger partial charge in [-0.15, -0.1) is 0 Å². The van der Waals surface area contributed by atoms with Crippen LogP contribution in [0, 0.1) is 11.6 Å². The lowest BCUT2D eigenvalue weighted by atomic mass is 10.2. The Bertz CT molecular complexity index is 1040. The van der Waals surface area contributed by atoms with Gasteiger partial charge in [0, 0.05) is 17.7 Å². The van der Waals surface area contributed by atoms with Gasteiger partial charge in [0.15, 0.2) is 0 Å². The van der Waals surface area contributed by atoms with E-state index in [9.17, 15) is 13.3 Å². The first kappa shape index (κ1) is 21.3. The van der Waals surface area contributed by atoms with E-state index in [0.717, 1.165) is 6.07 Å². The first-order chi connectivity index (χ1) is 13.9. The zero-order valence-corrected chi connectivity index (χ0v) is 17.4. The van der Waals surface area contributed by atoms with Crippen molar-refractivity contribution < 1.29 is 13.3 Å². The summed E-state index contributed by atoms with van der Waals surface area (Å²) in [6.45, 7) is 0. The molecule has 3 aromatic rings. The molecule has 0 heterocycles. The topological polar surface area (TPSA) is 29.1 Å². The summed E-state index contributed by atoms with van der Waals surface area (Å²) in [6.07, 6.45) is 0. The number of benzene rings is 3. The minimum atomic E-state index is -3.63. The first-order valence-electron chi connectivity index (χ1n) is 8.57. The Morgan fingerprint density at radius 3 is 1.72 bits per heavy atom. The van der Waals surface area contributed by atoms with Gasteiger partial charge in [-0.2, -0.15) is 0 Å². The molecular formula is C22H16Cl2F2NOP. The Labute approximate surface area is 177 Å². The van der Waals surface area contributed by atoms with Crippen LogP contribution >= 0.6 is 30.5 Å². The molecule has 0 amide bonds. The van der Waals surface area contributed by atoms with Gasteiger partial charge in [-0.1, -0.05) is 83.9 Å². The summed E-state index contributed by atoms with van der Waals surface area (Å²) in [6, 6.07) is 20.8. The van der Waals surface area contributed by atoms with Crippen LogP contribution in [-0.4, -0.2) is 0 Å². The molecule has 7 heteroatoms. The van der Waals surface area contributed by atoms with Crippen molar-refractivity contribution in [2.75, 3.05) is 5.09 Å². The minimum absolute atomic E-state index is 0.128. The molecule has 0 radical (unpaired) electrons. The molecule has 0 aliphatic rings. The van der Waals surface area contributed by atoms with Crippen molar-refractivity contribution in [2.45, 2.75) is 0 Å².